The minimum absolute atomic E-state index is 0.0310. The van der Waals surface area contributed by atoms with Crippen LogP contribution in [-0.2, 0) is 11.3 Å². The summed E-state index contributed by atoms with van der Waals surface area (Å²) >= 11 is 0. The molecular weight excluding hydrogens is 336 g/mol. The van der Waals surface area contributed by atoms with Crippen LogP contribution < -0.4 is 15.7 Å². The number of nitrogens with zero attached hydrogens (tertiary/aromatic N) is 3. The van der Waals surface area contributed by atoms with Crippen molar-refractivity contribution >= 4 is 23.0 Å². The SMILES string of the molecule is COc1ccc(/C=N/NC(=O)Cn2cnc3ccccc3c2=O)cc1O. The van der Waals surface area contributed by atoms with Crippen LogP contribution in [0.2, 0.25) is 0 Å². The Morgan fingerprint density at radius 1 is 1.35 bits per heavy atom. The van der Waals surface area contributed by atoms with E-state index in [1.165, 1.54) is 30.3 Å². The molecule has 1 amide bonds. The molecular formula is C18H16N4O4. The molecule has 0 aliphatic carbocycles. The first kappa shape index (κ1) is 17.2. The third kappa shape index (κ3) is 3.69. The minimum atomic E-state index is -0.474. The highest BCUT2D eigenvalue weighted by Gasteiger charge is 2.07. The van der Waals surface area contributed by atoms with Gasteiger partial charge >= 0.3 is 0 Å². The molecule has 8 nitrogen and oxygen atoms in total. The summed E-state index contributed by atoms with van der Waals surface area (Å²) in [4.78, 5) is 28.5. The van der Waals surface area contributed by atoms with E-state index in [0.717, 1.165) is 0 Å². The Kier molecular flexibility index (Phi) is 4.93. The summed E-state index contributed by atoms with van der Waals surface area (Å²) in [5, 5.41) is 14.0. The molecule has 1 heterocycles. The molecule has 0 radical (unpaired) electrons. The standard InChI is InChI=1S/C18H16N4O4/c1-26-16-7-6-12(8-15(16)23)9-20-21-17(24)10-22-11-19-14-5-3-2-4-13(14)18(22)25/h2-9,11,23H,10H2,1H3,(H,21,24)/b20-9+. The second kappa shape index (κ2) is 7.47. The second-order valence-corrected chi connectivity index (χ2v) is 5.42. The Morgan fingerprint density at radius 3 is 2.92 bits per heavy atom. The van der Waals surface area contributed by atoms with Gasteiger partial charge in [-0.1, -0.05) is 12.1 Å². The normalized spacial score (nSPS) is 11.0. The number of hydrazone groups is 1. The molecule has 1 aromatic heterocycles. The molecule has 0 saturated carbocycles. The number of nitrogens with one attached hydrogen (secondary N) is 1. The van der Waals surface area contributed by atoms with Crippen molar-refractivity contribution in [1.29, 1.82) is 0 Å². The number of amides is 1. The molecule has 8 heteroatoms. The molecule has 3 rings (SSSR count). The zero-order valence-electron chi connectivity index (χ0n) is 13.9. The lowest BCUT2D eigenvalue weighted by Gasteiger charge is -2.05. The van der Waals surface area contributed by atoms with E-state index >= 15 is 0 Å². The summed E-state index contributed by atoms with van der Waals surface area (Å²) in [7, 11) is 1.45. The van der Waals surface area contributed by atoms with Gasteiger partial charge < -0.3 is 9.84 Å². The van der Waals surface area contributed by atoms with Crippen molar-refractivity contribution in [3.05, 3.63) is 64.7 Å². The number of phenols is 1. The van der Waals surface area contributed by atoms with Crippen molar-refractivity contribution in [2.24, 2.45) is 5.10 Å². The largest absolute Gasteiger partial charge is 0.504 e. The summed E-state index contributed by atoms with van der Waals surface area (Å²) < 4.78 is 6.16. The zero-order valence-corrected chi connectivity index (χ0v) is 13.9. The Balaban J connectivity index is 1.67. The number of ether oxygens (including phenoxy) is 1. The number of para-hydroxylation sites is 1. The van der Waals surface area contributed by atoms with Crippen molar-refractivity contribution in [2.45, 2.75) is 6.54 Å². The molecule has 3 aromatic rings. The first-order chi connectivity index (χ1) is 12.6. The molecule has 2 aromatic carbocycles. The topological polar surface area (TPSA) is 106 Å². The summed E-state index contributed by atoms with van der Waals surface area (Å²) in [5.74, 6) is -0.163. The number of carbonyl (C=O) groups is 1. The number of aromatic nitrogens is 2. The molecule has 0 aliphatic heterocycles. The van der Waals surface area contributed by atoms with Gasteiger partial charge in [-0.3, -0.25) is 14.2 Å². The quantitative estimate of drug-likeness (QED) is 0.531. The summed E-state index contributed by atoms with van der Waals surface area (Å²) in [6.45, 7) is -0.206. The number of phenolic OH excluding ortho intramolecular Hbond substituents is 1. The minimum Gasteiger partial charge on any atom is -0.504 e. The smallest absolute Gasteiger partial charge is 0.261 e. The average molecular weight is 352 g/mol. The monoisotopic (exact) mass is 352 g/mol. The first-order valence-corrected chi connectivity index (χ1v) is 7.71. The highest BCUT2D eigenvalue weighted by atomic mass is 16.5. The second-order valence-electron chi connectivity index (χ2n) is 5.42. The summed E-state index contributed by atoms with van der Waals surface area (Å²) in [6.07, 6.45) is 2.70. The predicted molar refractivity (Wildman–Crippen MR) is 96.4 cm³/mol. The van der Waals surface area contributed by atoms with Crippen molar-refractivity contribution in [2.75, 3.05) is 7.11 Å². The molecule has 0 fully saturated rings. The maximum atomic E-state index is 12.3. The number of benzene rings is 2. The van der Waals surface area contributed by atoms with E-state index in [2.05, 4.69) is 15.5 Å². The molecule has 0 spiro atoms. The molecule has 2 N–H and O–H groups in total. The van der Waals surface area contributed by atoms with Crippen molar-refractivity contribution in [3.63, 3.8) is 0 Å². The number of rotatable bonds is 5. The van der Waals surface area contributed by atoms with Gasteiger partial charge in [0.2, 0.25) is 0 Å². The van der Waals surface area contributed by atoms with Crippen molar-refractivity contribution < 1.29 is 14.6 Å². The molecule has 132 valence electrons. The van der Waals surface area contributed by atoms with Crippen LogP contribution in [0.5, 0.6) is 11.5 Å². The van der Waals surface area contributed by atoms with Gasteiger partial charge in [-0.15, -0.1) is 0 Å². The third-order valence-corrected chi connectivity index (χ3v) is 3.65. The van der Waals surface area contributed by atoms with Gasteiger partial charge in [-0.05, 0) is 35.9 Å². The Morgan fingerprint density at radius 2 is 2.15 bits per heavy atom. The lowest BCUT2D eigenvalue weighted by atomic mass is 10.2. The van der Waals surface area contributed by atoms with Gasteiger partial charge in [0.1, 0.15) is 6.54 Å². The van der Waals surface area contributed by atoms with Gasteiger partial charge in [0.25, 0.3) is 11.5 Å². The number of carbonyl (C=O) groups excluding carboxylic acids is 1. The van der Waals surface area contributed by atoms with Crippen molar-refractivity contribution in [1.82, 2.24) is 15.0 Å². The molecule has 0 unspecified atom stereocenters. The molecule has 0 aliphatic rings. The van der Waals surface area contributed by atoms with Gasteiger partial charge in [-0.25, -0.2) is 10.4 Å². The third-order valence-electron chi connectivity index (χ3n) is 3.65. The van der Waals surface area contributed by atoms with E-state index < -0.39 is 5.91 Å². The lowest BCUT2D eigenvalue weighted by molar-refractivity contribution is -0.121. The Bertz CT molecular complexity index is 1040. The van der Waals surface area contributed by atoms with Crippen LogP contribution in [0.15, 0.2) is 58.7 Å². The van der Waals surface area contributed by atoms with E-state index in [1.807, 2.05) is 0 Å². The van der Waals surface area contributed by atoms with E-state index in [-0.39, 0.29) is 17.9 Å². The predicted octanol–water partition coefficient (Wildman–Crippen LogP) is 1.26. The van der Waals surface area contributed by atoms with E-state index in [1.54, 1.807) is 36.4 Å². The van der Waals surface area contributed by atoms with Crippen LogP contribution in [0.1, 0.15) is 5.56 Å². The van der Waals surface area contributed by atoms with Crippen molar-refractivity contribution in [3.8, 4) is 11.5 Å². The van der Waals surface area contributed by atoms with Crippen LogP contribution in [0.25, 0.3) is 10.9 Å². The Hall–Kier alpha value is -3.68. The first-order valence-electron chi connectivity index (χ1n) is 7.71. The summed E-state index contributed by atoms with van der Waals surface area (Å²) in [5.41, 5.74) is 3.19. The number of methoxy groups -OCH3 is 1. The number of hydrogen-bond acceptors (Lipinski definition) is 6. The van der Waals surface area contributed by atoms with Crippen LogP contribution in [-0.4, -0.2) is 33.9 Å². The van der Waals surface area contributed by atoms with E-state index in [0.29, 0.717) is 22.2 Å². The fourth-order valence-electron chi connectivity index (χ4n) is 2.37. The van der Waals surface area contributed by atoms with Crippen LogP contribution in [0.3, 0.4) is 0 Å². The maximum absolute atomic E-state index is 12.3. The van der Waals surface area contributed by atoms with Gasteiger partial charge in [-0.2, -0.15) is 5.10 Å². The lowest BCUT2D eigenvalue weighted by Crippen LogP contribution is -2.30. The van der Waals surface area contributed by atoms with Gasteiger partial charge in [0.15, 0.2) is 11.5 Å². The maximum Gasteiger partial charge on any atom is 0.261 e. The van der Waals surface area contributed by atoms with Crippen LogP contribution in [0, 0.1) is 0 Å². The average Bonchev–Trinajstić information content (AvgIpc) is 2.64. The Labute approximate surface area is 148 Å². The van der Waals surface area contributed by atoms with Gasteiger partial charge in [0.05, 0.1) is 30.6 Å². The number of aromatic hydroxyl groups is 1. The summed E-state index contributed by atoms with van der Waals surface area (Å²) in [6, 6.07) is 11.6. The number of hydrogen-bond donors (Lipinski definition) is 2. The zero-order chi connectivity index (χ0) is 18.5. The van der Waals surface area contributed by atoms with Gasteiger partial charge in [0, 0.05) is 0 Å². The molecule has 26 heavy (non-hydrogen) atoms. The van der Waals surface area contributed by atoms with E-state index in [9.17, 15) is 14.7 Å². The molecule has 0 bridgehead atoms. The highest BCUT2D eigenvalue weighted by Crippen LogP contribution is 2.25. The fraction of sp³-hybridized carbons (Fsp3) is 0.111. The molecule has 0 atom stereocenters. The van der Waals surface area contributed by atoms with Crippen LogP contribution >= 0.6 is 0 Å². The number of fused-ring (bicyclic) bond motifs is 1. The van der Waals surface area contributed by atoms with Crippen LogP contribution in [0.4, 0.5) is 0 Å². The highest BCUT2D eigenvalue weighted by molar-refractivity contribution is 5.83. The molecule has 0 saturated heterocycles. The van der Waals surface area contributed by atoms with E-state index in [4.69, 9.17) is 4.74 Å². The fourth-order valence-corrected chi connectivity index (χ4v) is 2.37.